The van der Waals surface area contributed by atoms with Gasteiger partial charge in [0, 0.05) is 19.1 Å². The lowest BCUT2D eigenvalue weighted by Crippen LogP contribution is -2.39. The highest BCUT2D eigenvalue weighted by atomic mass is 16.4. The molecule has 0 amide bonds. The van der Waals surface area contributed by atoms with Gasteiger partial charge in [0.2, 0.25) is 0 Å². The van der Waals surface area contributed by atoms with Gasteiger partial charge in [0.1, 0.15) is 0 Å². The van der Waals surface area contributed by atoms with E-state index in [1.54, 1.807) is 0 Å². The molecule has 1 fully saturated rings. The van der Waals surface area contributed by atoms with Crippen molar-refractivity contribution >= 4 is 5.97 Å². The minimum atomic E-state index is -0.772. The molecule has 1 rings (SSSR count). The first-order chi connectivity index (χ1) is 8.49. The van der Waals surface area contributed by atoms with Gasteiger partial charge in [0.05, 0.1) is 12.5 Å². The summed E-state index contributed by atoms with van der Waals surface area (Å²) < 4.78 is 0. The summed E-state index contributed by atoms with van der Waals surface area (Å²) in [5, 5.41) is 18.8. The molecule has 0 aromatic carbocycles. The summed E-state index contributed by atoms with van der Waals surface area (Å²) in [7, 11) is 0. The molecule has 2 N–H and O–H groups in total. The van der Waals surface area contributed by atoms with Crippen LogP contribution >= 0.6 is 0 Å². The maximum atomic E-state index is 10.6. The van der Waals surface area contributed by atoms with Gasteiger partial charge in [0.25, 0.3) is 0 Å². The van der Waals surface area contributed by atoms with Crippen LogP contribution in [-0.4, -0.2) is 46.3 Å². The van der Waals surface area contributed by atoms with Crippen molar-refractivity contribution in [2.45, 2.75) is 64.5 Å². The Balaban J connectivity index is 2.31. The van der Waals surface area contributed by atoms with Gasteiger partial charge < -0.3 is 10.2 Å². The molecule has 1 unspecified atom stereocenters. The molecule has 0 aromatic heterocycles. The number of aliphatic hydroxyl groups is 1. The largest absolute Gasteiger partial charge is 0.481 e. The lowest BCUT2D eigenvalue weighted by Gasteiger charge is -2.29. The summed E-state index contributed by atoms with van der Waals surface area (Å²) in [6.07, 6.45) is 5.78. The Labute approximate surface area is 110 Å². The monoisotopic (exact) mass is 257 g/mol. The van der Waals surface area contributed by atoms with Crippen molar-refractivity contribution in [3.8, 4) is 0 Å². The average Bonchev–Trinajstić information content (AvgIpc) is 2.76. The molecular weight excluding hydrogens is 230 g/mol. The van der Waals surface area contributed by atoms with Crippen LogP contribution in [0.1, 0.15) is 52.4 Å². The normalized spacial score (nSPS) is 18.7. The first kappa shape index (κ1) is 15.4. The molecule has 4 nitrogen and oxygen atoms in total. The van der Waals surface area contributed by atoms with Crippen molar-refractivity contribution in [1.82, 2.24) is 4.90 Å². The summed E-state index contributed by atoms with van der Waals surface area (Å²) in [5.41, 5.74) is 0. The number of carbonyl (C=O) groups is 1. The average molecular weight is 257 g/mol. The molecule has 1 atom stereocenters. The van der Waals surface area contributed by atoms with Crippen molar-refractivity contribution in [2.75, 3.05) is 13.1 Å². The summed E-state index contributed by atoms with van der Waals surface area (Å²) in [4.78, 5) is 12.7. The minimum absolute atomic E-state index is 0.147. The Kier molecular flexibility index (Phi) is 6.65. The van der Waals surface area contributed by atoms with Crippen LogP contribution in [0, 0.1) is 5.92 Å². The molecule has 1 aliphatic carbocycles. The molecule has 18 heavy (non-hydrogen) atoms. The van der Waals surface area contributed by atoms with E-state index in [9.17, 15) is 9.90 Å². The zero-order chi connectivity index (χ0) is 13.5. The minimum Gasteiger partial charge on any atom is -0.481 e. The third-order valence-electron chi connectivity index (χ3n) is 3.87. The Morgan fingerprint density at radius 1 is 1.33 bits per heavy atom. The third-order valence-corrected chi connectivity index (χ3v) is 3.87. The molecular formula is C14H27NO3. The highest BCUT2D eigenvalue weighted by molar-refractivity contribution is 5.66. The third kappa shape index (κ3) is 5.83. The SMILES string of the molecule is CC(C)N(CCC(=O)O)CC(O)CC1CCCC1. The van der Waals surface area contributed by atoms with E-state index in [0.29, 0.717) is 19.0 Å². The molecule has 0 aliphatic heterocycles. The first-order valence-corrected chi connectivity index (χ1v) is 7.13. The molecule has 0 radical (unpaired) electrons. The van der Waals surface area contributed by atoms with Gasteiger partial charge >= 0.3 is 5.97 Å². The predicted molar refractivity (Wildman–Crippen MR) is 71.5 cm³/mol. The summed E-state index contributed by atoms with van der Waals surface area (Å²) in [6.45, 7) is 5.21. The zero-order valence-electron chi connectivity index (χ0n) is 11.6. The van der Waals surface area contributed by atoms with Gasteiger partial charge in [-0.3, -0.25) is 9.69 Å². The number of hydrogen-bond donors (Lipinski definition) is 2. The van der Waals surface area contributed by atoms with Crippen LogP contribution in [0.15, 0.2) is 0 Å². The number of aliphatic hydroxyl groups excluding tert-OH is 1. The van der Waals surface area contributed by atoms with Gasteiger partial charge in [-0.2, -0.15) is 0 Å². The second-order valence-corrected chi connectivity index (χ2v) is 5.77. The molecule has 0 heterocycles. The van der Waals surface area contributed by atoms with Crippen molar-refractivity contribution in [3.05, 3.63) is 0 Å². The van der Waals surface area contributed by atoms with E-state index in [0.717, 1.165) is 6.42 Å². The number of aliphatic carboxylic acids is 1. The molecule has 1 saturated carbocycles. The zero-order valence-corrected chi connectivity index (χ0v) is 11.6. The standard InChI is InChI=1S/C14H27NO3/c1-11(2)15(8-7-14(17)18)10-13(16)9-12-5-3-4-6-12/h11-13,16H,3-10H2,1-2H3,(H,17,18). The molecule has 1 aliphatic rings. The van der Waals surface area contributed by atoms with Gasteiger partial charge in [-0.15, -0.1) is 0 Å². The van der Waals surface area contributed by atoms with Crippen LogP contribution in [0.25, 0.3) is 0 Å². The summed E-state index contributed by atoms with van der Waals surface area (Å²) in [6, 6.07) is 0.280. The highest BCUT2D eigenvalue weighted by Crippen LogP contribution is 2.28. The van der Waals surface area contributed by atoms with Crippen LogP contribution < -0.4 is 0 Å². The van der Waals surface area contributed by atoms with Crippen LogP contribution in [0.5, 0.6) is 0 Å². The van der Waals surface area contributed by atoms with Crippen LogP contribution in [0.2, 0.25) is 0 Å². The number of nitrogens with zero attached hydrogens (tertiary/aromatic N) is 1. The summed E-state index contributed by atoms with van der Waals surface area (Å²) >= 11 is 0. The maximum absolute atomic E-state index is 10.6. The Morgan fingerprint density at radius 2 is 1.94 bits per heavy atom. The maximum Gasteiger partial charge on any atom is 0.304 e. The molecule has 0 saturated heterocycles. The van der Waals surface area contributed by atoms with Gasteiger partial charge in [-0.1, -0.05) is 25.7 Å². The molecule has 4 heteroatoms. The van der Waals surface area contributed by atoms with E-state index in [2.05, 4.69) is 4.90 Å². The predicted octanol–water partition coefficient (Wildman–Crippen LogP) is 2.11. The molecule has 0 aromatic rings. The van der Waals surface area contributed by atoms with E-state index in [1.807, 2.05) is 13.8 Å². The quantitative estimate of drug-likeness (QED) is 0.699. The van der Waals surface area contributed by atoms with Gasteiger partial charge in [-0.05, 0) is 26.2 Å². The van der Waals surface area contributed by atoms with Crippen molar-refractivity contribution in [3.63, 3.8) is 0 Å². The van der Waals surface area contributed by atoms with E-state index in [4.69, 9.17) is 5.11 Å². The van der Waals surface area contributed by atoms with Crippen LogP contribution in [0.4, 0.5) is 0 Å². The molecule has 106 valence electrons. The number of rotatable bonds is 8. The lowest BCUT2D eigenvalue weighted by atomic mass is 9.99. The second-order valence-electron chi connectivity index (χ2n) is 5.77. The van der Waals surface area contributed by atoms with E-state index >= 15 is 0 Å². The Bertz CT molecular complexity index is 249. The second kappa shape index (κ2) is 7.74. The topological polar surface area (TPSA) is 60.8 Å². The Morgan fingerprint density at radius 3 is 2.44 bits per heavy atom. The Hall–Kier alpha value is -0.610. The number of hydrogen-bond acceptors (Lipinski definition) is 3. The number of carboxylic acid groups (broad SMARTS) is 1. The first-order valence-electron chi connectivity index (χ1n) is 7.13. The van der Waals surface area contributed by atoms with Crippen molar-refractivity contribution in [2.24, 2.45) is 5.92 Å². The van der Waals surface area contributed by atoms with Crippen molar-refractivity contribution < 1.29 is 15.0 Å². The smallest absolute Gasteiger partial charge is 0.304 e. The highest BCUT2D eigenvalue weighted by Gasteiger charge is 2.21. The van der Waals surface area contributed by atoms with Crippen LogP contribution in [-0.2, 0) is 4.79 Å². The van der Waals surface area contributed by atoms with Crippen LogP contribution in [0.3, 0.4) is 0 Å². The lowest BCUT2D eigenvalue weighted by molar-refractivity contribution is -0.137. The van der Waals surface area contributed by atoms with E-state index < -0.39 is 5.97 Å². The van der Waals surface area contributed by atoms with Gasteiger partial charge in [0.15, 0.2) is 0 Å². The van der Waals surface area contributed by atoms with Crippen molar-refractivity contribution in [1.29, 1.82) is 0 Å². The van der Waals surface area contributed by atoms with E-state index in [-0.39, 0.29) is 18.6 Å². The molecule has 0 spiro atoms. The fraction of sp³-hybridized carbons (Fsp3) is 0.929. The number of carboxylic acids is 1. The van der Waals surface area contributed by atoms with Gasteiger partial charge in [-0.25, -0.2) is 0 Å². The fourth-order valence-corrected chi connectivity index (χ4v) is 2.78. The van der Waals surface area contributed by atoms with E-state index in [1.165, 1.54) is 25.7 Å². The summed E-state index contributed by atoms with van der Waals surface area (Å²) in [5.74, 6) is -0.0978. The fourth-order valence-electron chi connectivity index (χ4n) is 2.78. The molecule has 0 bridgehead atoms.